The molecular weight excluding hydrogens is 570 g/mol. The molecule has 2 heterocycles. The second-order valence-corrected chi connectivity index (χ2v) is 11.3. The summed E-state index contributed by atoms with van der Waals surface area (Å²) in [6.45, 7) is 4.79. The fourth-order valence-electron chi connectivity index (χ4n) is 6.12. The first-order valence-electron chi connectivity index (χ1n) is 14.9. The number of hydrogen-bond acceptors (Lipinski definition) is 5. The Hall–Kier alpha value is -5.44. The molecule has 1 aromatic heterocycles. The molecule has 4 aromatic carbocycles. The third-order valence-corrected chi connectivity index (χ3v) is 8.60. The molecule has 0 spiro atoms. The number of amides is 1. The highest BCUT2D eigenvalue weighted by Crippen LogP contribution is 2.39. The minimum atomic E-state index is -1.34. The predicted molar refractivity (Wildman–Crippen MR) is 170 cm³/mol. The molecule has 9 nitrogen and oxygen atoms in total. The minimum absolute atomic E-state index is 0.0600. The molecule has 0 atom stereocenters. The maximum Gasteiger partial charge on any atom is 0.336 e. The molecule has 9 heteroatoms. The quantitative estimate of drug-likeness (QED) is 0.212. The van der Waals surface area contributed by atoms with Crippen LogP contribution < -0.4 is 4.74 Å². The predicted octanol–water partition coefficient (Wildman–Crippen LogP) is 6.36. The van der Waals surface area contributed by atoms with Gasteiger partial charge in [-0.3, -0.25) is 14.2 Å². The summed E-state index contributed by atoms with van der Waals surface area (Å²) >= 11 is 0. The zero-order valence-corrected chi connectivity index (χ0v) is 25.1. The van der Waals surface area contributed by atoms with Gasteiger partial charge in [-0.15, -0.1) is 0 Å². The van der Waals surface area contributed by atoms with Crippen molar-refractivity contribution < 1.29 is 29.3 Å². The van der Waals surface area contributed by atoms with Crippen molar-refractivity contribution in [1.29, 1.82) is 0 Å². The second-order valence-electron chi connectivity index (χ2n) is 11.3. The normalized spacial score (nSPS) is 14.3. The summed E-state index contributed by atoms with van der Waals surface area (Å²) in [5.41, 5.74) is 2.13. The average Bonchev–Trinajstić information content (AvgIpc) is 3.50. The van der Waals surface area contributed by atoms with Gasteiger partial charge in [0.2, 0.25) is 0 Å². The fraction of sp³-hybridized carbons (Fsp3) is 0.222. The van der Waals surface area contributed by atoms with Gasteiger partial charge in [-0.05, 0) is 67.3 Å². The van der Waals surface area contributed by atoms with E-state index in [4.69, 9.17) is 9.72 Å². The number of aryl methyl sites for hydroxylation is 1. The van der Waals surface area contributed by atoms with Crippen LogP contribution in [0.2, 0.25) is 0 Å². The summed E-state index contributed by atoms with van der Waals surface area (Å²) in [6.07, 6.45) is 1.98. The topological polar surface area (TPSA) is 122 Å². The van der Waals surface area contributed by atoms with E-state index in [1.54, 1.807) is 41.4 Å². The molecule has 2 N–H and O–H groups in total. The molecule has 1 fully saturated rings. The molecule has 228 valence electrons. The molecule has 0 radical (unpaired) electrons. The van der Waals surface area contributed by atoms with Gasteiger partial charge in [-0.1, -0.05) is 60.2 Å². The Bertz CT molecular complexity index is 1920. The lowest BCUT2D eigenvalue weighted by molar-refractivity contribution is -0.145. The van der Waals surface area contributed by atoms with Crippen LogP contribution in [0.3, 0.4) is 0 Å². The van der Waals surface area contributed by atoms with Gasteiger partial charge in [0.15, 0.2) is 0 Å². The molecular formula is C36H33N3O6. The lowest BCUT2D eigenvalue weighted by atomic mass is 9.72. The number of piperidine rings is 1. The Morgan fingerprint density at radius 2 is 1.64 bits per heavy atom. The first-order chi connectivity index (χ1) is 21.7. The first-order valence-corrected chi connectivity index (χ1v) is 14.9. The number of aromatic carboxylic acids is 1. The highest BCUT2D eigenvalue weighted by Gasteiger charge is 2.45. The largest absolute Gasteiger partial charge is 0.494 e. The van der Waals surface area contributed by atoms with E-state index in [-0.39, 0.29) is 43.1 Å². The van der Waals surface area contributed by atoms with Gasteiger partial charge in [0, 0.05) is 30.9 Å². The van der Waals surface area contributed by atoms with Crippen LogP contribution in [0.5, 0.6) is 5.75 Å². The Morgan fingerprint density at radius 3 is 2.33 bits per heavy atom. The summed E-state index contributed by atoms with van der Waals surface area (Å²) < 4.78 is 7.58. The van der Waals surface area contributed by atoms with Crippen molar-refractivity contribution in [2.24, 2.45) is 0 Å². The molecule has 1 saturated heterocycles. The van der Waals surface area contributed by atoms with E-state index in [9.17, 15) is 24.6 Å². The van der Waals surface area contributed by atoms with Crippen LogP contribution in [0, 0.1) is 6.92 Å². The highest BCUT2D eigenvalue weighted by atomic mass is 16.5. The first kappa shape index (κ1) is 29.6. The number of likely N-dealkylation sites (tertiary alicyclic amines) is 1. The van der Waals surface area contributed by atoms with Crippen LogP contribution >= 0.6 is 0 Å². The van der Waals surface area contributed by atoms with Crippen molar-refractivity contribution in [1.82, 2.24) is 14.5 Å². The maximum atomic E-state index is 13.9. The van der Waals surface area contributed by atoms with Crippen molar-refractivity contribution in [3.63, 3.8) is 0 Å². The number of nitrogens with zero attached hydrogens (tertiary/aromatic N) is 3. The number of hydrogen-bond donors (Lipinski definition) is 2. The van der Waals surface area contributed by atoms with E-state index in [1.807, 2.05) is 66.9 Å². The summed E-state index contributed by atoms with van der Waals surface area (Å²) in [7, 11) is 0. The molecule has 45 heavy (non-hydrogen) atoms. The lowest BCUT2D eigenvalue weighted by Gasteiger charge is -2.39. The lowest BCUT2D eigenvalue weighted by Crippen LogP contribution is -2.49. The molecule has 1 amide bonds. The Kier molecular flexibility index (Phi) is 7.85. The van der Waals surface area contributed by atoms with Crippen molar-refractivity contribution in [3.8, 4) is 22.8 Å². The number of carbonyl (C=O) groups excluding carboxylic acids is 1. The number of aliphatic carboxylic acids is 1. The molecule has 0 aliphatic carbocycles. The number of benzene rings is 4. The van der Waals surface area contributed by atoms with Crippen LogP contribution in [-0.4, -0.2) is 62.2 Å². The van der Waals surface area contributed by atoms with E-state index in [0.717, 1.165) is 16.8 Å². The van der Waals surface area contributed by atoms with Gasteiger partial charge >= 0.3 is 11.9 Å². The number of rotatable bonds is 8. The summed E-state index contributed by atoms with van der Waals surface area (Å²) in [6, 6.07) is 25.8. The molecule has 0 bridgehead atoms. The van der Waals surface area contributed by atoms with E-state index in [1.165, 1.54) is 6.07 Å². The van der Waals surface area contributed by atoms with Gasteiger partial charge in [0.1, 0.15) is 17.3 Å². The third-order valence-electron chi connectivity index (χ3n) is 8.60. The monoisotopic (exact) mass is 603 g/mol. The molecule has 1 aliphatic heterocycles. The zero-order valence-electron chi connectivity index (χ0n) is 25.1. The Morgan fingerprint density at radius 1 is 0.911 bits per heavy atom. The molecule has 0 unspecified atom stereocenters. The molecule has 6 rings (SSSR count). The number of ether oxygens (including phenoxy) is 1. The average molecular weight is 604 g/mol. The van der Waals surface area contributed by atoms with Crippen LogP contribution in [0.15, 0.2) is 91.1 Å². The number of carboxylic acids is 2. The van der Waals surface area contributed by atoms with Gasteiger partial charge in [0.25, 0.3) is 5.91 Å². The number of imidazole rings is 1. The van der Waals surface area contributed by atoms with Crippen molar-refractivity contribution >= 4 is 28.6 Å². The molecule has 1 aliphatic rings. The fourth-order valence-corrected chi connectivity index (χ4v) is 6.12. The van der Waals surface area contributed by atoms with Crippen LogP contribution in [0.4, 0.5) is 0 Å². The number of aromatic nitrogens is 2. The SMILES string of the molecule is CCOc1cccc(-n2cc(C(=O)N3CCC(C(=O)O)(c4cc(C(=O)O)c5ccccc5c4)CC3)nc2-c2ccc(C)cc2)c1. The van der Waals surface area contributed by atoms with Gasteiger partial charge in [-0.2, -0.15) is 0 Å². The summed E-state index contributed by atoms with van der Waals surface area (Å²) in [5.74, 6) is -1.16. The van der Waals surface area contributed by atoms with Crippen molar-refractivity contribution in [2.45, 2.75) is 32.1 Å². The van der Waals surface area contributed by atoms with E-state index < -0.39 is 17.4 Å². The van der Waals surface area contributed by atoms with Gasteiger partial charge < -0.3 is 19.8 Å². The van der Waals surface area contributed by atoms with Crippen LogP contribution in [0.25, 0.3) is 27.8 Å². The van der Waals surface area contributed by atoms with Crippen LogP contribution in [0.1, 0.15) is 51.7 Å². The molecule has 5 aromatic rings. The second kappa shape index (κ2) is 11.9. The minimum Gasteiger partial charge on any atom is -0.494 e. The van der Waals surface area contributed by atoms with Crippen molar-refractivity contribution in [3.05, 3.63) is 114 Å². The smallest absolute Gasteiger partial charge is 0.336 e. The standard InChI is InChI=1S/C36H33N3O6/c1-3-45-28-9-6-8-27(21-28)39-22-31(37-32(39)24-13-11-23(2)12-14-24)33(40)38-17-15-36(16-18-38,35(43)44)26-19-25-7-4-5-10-29(25)30(20-26)34(41)42/h4-14,19-22H,3,15-18H2,1-2H3,(H,41,42)(H,43,44). The van der Waals surface area contributed by atoms with Crippen LogP contribution in [-0.2, 0) is 10.2 Å². The summed E-state index contributed by atoms with van der Waals surface area (Å²) in [4.78, 5) is 45.2. The maximum absolute atomic E-state index is 13.9. The Labute approximate surface area is 260 Å². The third kappa shape index (κ3) is 5.53. The van der Waals surface area contributed by atoms with Gasteiger partial charge in [-0.25, -0.2) is 9.78 Å². The Balaban J connectivity index is 1.32. The number of fused-ring (bicyclic) bond motifs is 1. The van der Waals surface area contributed by atoms with Gasteiger partial charge in [0.05, 0.1) is 23.3 Å². The number of carbonyl (C=O) groups is 3. The highest BCUT2D eigenvalue weighted by molar-refractivity contribution is 6.04. The molecule has 0 saturated carbocycles. The van der Waals surface area contributed by atoms with E-state index in [2.05, 4.69) is 0 Å². The van der Waals surface area contributed by atoms with E-state index in [0.29, 0.717) is 34.5 Å². The summed E-state index contributed by atoms with van der Waals surface area (Å²) in [5, 5.41) is 21.6. The zero-order chi connectivity index (χ0) is 31.7. The number of carboxylic acid groups (broad SMARTS) is 2. The van der Waals surface area contributed by atoms with Crippen molar-refractivity contribution in [2.75, 3.05) is 19.7 Å². The van der Waals surface area contributed by atoms with E-state index >= 15 is 0 Å².